The zero-order chi connectivity index (χ0) is 20.0. The predicted octanol–water partition coefficient (Wildman–Crippen LogP) is 3.43. The molecule has 0 atom stereocenters. The van der Waals surface area contributed by atoms with Gasteiger partial charge in [0.05, 0.1) is 32.7 Å². The molecule has 0 aliphatic carbocycles. The number of halogens is 1. The highest BCUT2D eigenvalue weighted by Gasteiger charge is 2.21. The van der Waals surface area contributed by atoms with Crippen LogP contribution in [0.1, 0.15) is 31.5 Å². The number of primary amides is 1. The largest absolute Gasteiger partial charge is 0.364 e. The second-order valence-corrected chi connectivity index (χ2v) is 7.61. The van der Waals surface area contributed by atoms with Crippen LogP contribution in [0.2, 0.25) is 5.02 Å². The summed E-state index contributed by atoms with van der Waals surface area (Å²) in [5.41, 5.74) is 7.64. The molecule has 0 fully saturated rings. The number of nitrogens with two attached hydrogens (primary N) is 1. The predicted molar refractivity (Wildman–Crippen MR) is 108 cm³/mol. The van der Waals surface area contributed by atoms with Crippen molar-refractivity contribution in [3.05, 3.63) is 57.3 Å². The van der Waals surface area contributed by atoms with E-state index in [1.807, 2.05) is 25.1 Å². The number of anilines is 1. The molecule has 4 N–H and O–H groups in total. The number of aryl methyl sites for hydroxylation is 2. The van der Waals surface area contributed by atoms with Crippen LogP contribution in [-0.2, 0) is 0 Å². The highest BCUT2D eigenvalue weighted by Crippen LogP contribution is 2.33. The van der Waals surface area contributed by atoms with E-state index in [2.05, 4.69) is 20.6 Å². The Morgan fingerprint density at radius 3 is 2.75 bits per heavy atom. The number of para-hydroxylation sites is 1. The van der Waals surface area contributed by atoms with E-state index in [0.717, 1.165) is 21.6 Å². The standard InChI is InChI=1S/C18H15ClN6O2S/c1-8-10-7-13(17(27)21-14-9(2)22-23-15(14)16(20)26)28-18(10)25(24-8)12-6-4-3-5-11(12)19/h3-7H,1-2H3,(H2,20,26)(H,21,27)(H,22,23). The zero-order valence-corrected chi connectivity index (χ0v) is 16.5. The van der Waals surface area contributed by atoms with Gasteiger partial charge in [0.2, 0.25) is 0 Å². The van der Waals surface area contributed by atoms with Crippen molar-refractivity contribution in [1.29, 1.82) is 0 Å². The highest BCUT2D eigenvalue weighted by atomic mass is 35.5. The number of hydrogen-bond acceptors (Lipinski definition) is 5. The summed E-state index contributed by atoms with van der Waals surface area (Å²) in [7, 11) is 0. The van der Waals surface area contributed by atoms with Crippen molar-refractivity contribution in [2.24, 2.45) is 5.73 Å². The number of thiophene rings is 1. The van der Waals surface area contributed by atoms with Gasteiger partial charge in [0.15, 0.2) is 5.69 Å². The fourth-order valence-electron chi connectivity index (χ4n) is 2.88. The molecule has 142 valence electrons. The Kier molecular flexibility index (Phi) is 4.40. The molecule has 3 heterocycles. The molecule has 0 spiro atoms. The number of rotatable bonds is 4. The number of carbonyl (C=O) groups is 2. The Balaban J connectivity index is 1.74. The summed E-state index contributed by atoms with van der Waals surface area (Å²) in [6, 6.07) is 9.13. The lowest BCUT2D eigenvalue weighted by Crippen LogP contribution is -2.17. The number of aromatic nitrogens is 4. The molecule has 0 aliphatic rings. The first-order chi connectivity index (χ1) is 13.4. The van der Waals surface area contributed by atoms with Crippen LogP contribution in [0.15, 0.2) is 30.3 Å². The number of hydrogen-bond donors (Lipinski definition) is 3. The average molecular weight is 415 g/mol. The summed E-state index contributed by atoms with van der Waals surface area (Å²) in [4.78, 5) is 25.5. The second-order valence-electron chi connectivity index (χ2n) is 6.17. The minimum Gasteiger partial charge on any atom is -0.364 e. The van der Waals surface area contributed by atoms with E-state index >= 15 is 0 Å². The van der Waals surface area contributed by atoms with E-state index in [-0.39, 0.29) is 17.3 Å². The van der Waals surface area contributed by atoms with Crippen molar-refractivity contribution in [2.45, 2.75) is 13.8 Å². The van der Waals surface area contributed by atoms with E-state index < -0.39 is 5.91 Å². The molecule has 1 aromatic carbocycles. The lowest BCUT2D eigenvalue weighted by molar-refractivity contribution is 0.0996. The van der Waals surface area contributed by atoms with Gasteiger partial charge in [0, 0.05) is 5.39 Å². The maximum absolute atomic E-state index is 12.8. The fourth-order valence-corrected chi connectivity index (χ4v) is 4.17. The number of carbonyl (C=O) groups excluding carboxylic acids is 2. The monoisotopic (exact) mass is 414 g/mol. The van der Waals surface area contributed by atoms with Gasteiger partial charge in [0.25, 0.3) is 11.8 Å². The molecule has 4 aromatic rings. The summed E-state index contributed by atoms with van der Waals surface area (Å²) >= 11 is 7.59. The first-order valence-electron chi connectivity index (χ1n) is 8.27. The van der Waals surface area contributed by atoms with Crippen molar-refractivity contribution in [2.75, 3.05) is 5.32 Å². The highest BCUT2D eigenvalue weighted by molar-refractivity contribution is 7.20. The first-order valence-corrected chi connectivity index (χ1v) is 9.46. The van der Waals surface area contributed by atoms with Gasteiger partial charge >= 0.3 is 0 Å². The Bertz CT molecular complexity index is 1240. The SMILES string of the molecule is Cc1[nH]nc(C(N)=O)c1NC(=O)c1cc2c(C)nn(-c3ccccc3Cl)c2s1. The van der Waals surface area contributed by atoms with E-state index in [0.29, 0.717) is 15.6 Å². The topological polar surface area (TPSA) is 119 Å². The molecule has 0 aliphatic heterocycles. The van der Waals surface area contributed by atoms with Gasteiger partial charge < -0.3 is 11.1 Å². The van der Waals surface area contributed by atoms with Gasteiger partial charge in [0.1, 0.15) is 4.83 Å². The molecule has 3 aromatic heterocycles. The third-order valence-electron chi connectivity index (χ3n) is 4.27. The maximum atomic E-state index is 12.8. The molecule has 0 saturated heterocycles. The number of nitrogens with zero attached hydrogens (tertiary/aromatic N) is 3. The number of fused-ring (bicyclic) bond motifs is 1. The zero-order valence-electron chi connectivity index (χ0n) is 14.9. The summed E-state index contributed by atoms with van der Waals surface area (Å²) in [5, 5.41) is 15.2. The Labute approximate surface area is 168 Å². The number of H-pyrrole nitrogens is 1. The minimum atomic E-state index is -0.721. The quantitative estimate of drug-likeness (QED) is 0.474. The van der Waals surface area contributed by atoms with Crippen LogP contribution in [0.3, 0.4) is 0 Å². The maximum Gasteiger partial charge on any atom is 0.271 e. The number of nitrogens with one attached hydrogen (secondary N) is 2. The molecule has 10 heteroatoms. The smallest absolute Gasteiger partial charge is 0.271 e. The van der Waals surface area contributed by atoms with Crippen LogP contribution >= 0.6 is 22.9 Å². The second kappa shape index (κ2) is 6.77. The molecule has 0 unspecified atom stereocenters. The van der Waals surface area contributed by atoms with Gasteiger partial charge in [-0.1, -0.05) is 23.7 Å². The van der Waals surface area contributed by atoms with E-state index in [4.69, 9.17) is 17.3 Å². The first kappa shape index (κ1) is 18.2. The molecule has 2 amide bonds. The summed E-state index contributed by atoms with van der Waals surface area (Å²) in [6.45, 7) is 3.56. The lowest BCUT2D eigenvalue weighted by atomic mass is 10.2. The van der Waals surface area contributed by atoms with E-state index in [1.165, 1.54) is 11.3 Å². The third kappa shape index (κ3) is 2.94. The minimum absolute atomic E-state index is 0.00890. The van der Waals surface area contributed by atoms with E-state index in [9.17, 15) is 9.59 Å². The van der Waals surface area contributed by atoms with Gasteiger partial charge in [-0.3, -0.25) is 14.7 Å². The summed E-state index contributed by atoms with van der Waals surface area (Å²) < 4.78 is 1.73. The number of benzene rings is 1. The van der Waals surface area contributed by atoms with Crippen LogP contribution in [-0.4, -0.2) is 31.8 Å². The van der Waals surface area contributed by atoms with Crippen molar-refractivity contribution >= 4 is 50.7 Å². The van der Waals surface area contributed by atoms with Crippen LogP contribution in [0, 0.1) is 13.8 Å². The van der Waals surface area contributed by atoms with Gasteiger partial charge in [-0.15, -0.1) is 11.3 Å². The molecule has 0 bridgehead atoms. The lowest BCUT2D eigenvalue weighted by Gasteiger charge is -2.05. The molecular formula is C18H15ClN6O2S. The molecule has 0 radical (unpaired) electrons. The Morgan fingerprint density at radius 1 is 1.29 bits per heavy atom. The molecular weight excluding hydrogens is 400 g/mol. The summed E-state index contributed by atoms with van der Waals surface area (Å²) in [5.74, 6) is -1.08. The van der Waals surface area contributed by atoms with Crippen molar-refractivity contribution in [3.63, 3.8) is 0 Å². The van der Waals surface area contributed by atoms with Crippen molar-refractivity contribution < 1.29 is 9.59 Å². The molecule has 28 heavy (non-hydrogen) atoms. The fraction of sp³-hybridized carbons (Fsp3) is 0.111. The number of amides is 2. The third-order valence-corrected chi connectivity index (χ3v) is 5.70. The van der Waals surface area contributed by atoms with Crippen LogP contribution in [0.5, 0.6) is 0 Å². The summed E-state index contributed by atoms with van der Waals surface area (Å²) in [6.07, 6.45) is 0. The van der Waals surface area contributed by atoms with Gasteiger partial charge in [-0.05, 0) is 32.0 Å². The Morgan fingerprint density at radius 2 is 2.04 bits per heavy atom. The average Bonchev–Trinajstić information content (AvgIpc) is 3.32. The molecule has 4 rings (SSSR count). The van der Waals surface area contributed by atoms with Crippen molar-refractivity contribution in [1.82, 2.24) is 20.0 Å². The van der Waals surface area contributed by atoms with Gasteiger partial charge in [-0.25, -0.2) is 4.68 Å². The Hall–Kier alpha value is -3.17. The van der Waals surface area contributed by atoms with Crippen LogP contribution in [0.4, 0.5) is 5.69 Å². The molecule has 0 saturated carbocycles. The van der Waals surface area contributed by atoms with Crippen LogP contribution < -0.4 is 11.1 Å². The molecule has 8 nitrogen and oxygen atoms in total. The van der Waals surface area contributed by atoms with Crippen molar-refractivity contribution in [3.8, 4) is 5.69 Å². The van der Waals surface area contributed by atoms with Gasteiger partial charge in [-0.2, -0.15) is 10.2 Å². The van der Waals surface area contributed by atoms with E-state index in [1.54, 1.807) is 23.7 Å². The number of aromatic amines is 1. The van der Waals surface area contributed by atoms with Crippen LogP contribution in [0.25, 0.3) is 15.9 Å². The normalized spacial score (nSPS) is 11.1.